The third kappa shape index (κ3) is 6.50. The second-order valence-electron chi connectivity index (χ2n) is 7.33. The maximum atomic E-state index is 13.3. The molecule has 1 amide bonds. The van der Waals surface area contributed by atoms with Gasteiger partial charge in [-0.1, -0.05) is 45.8 Å². The molecule has 0 heterocycles. The number of nitrogens with zero attached hydrogens (tertiary/aromatic N) is 1. The quantitative estimate of drug-likeness (QED) is 0.436. The average Bonchev–Trinajstić information content (AvgIpc) is 2.80. The summed E-state index contributed by atoms with van der Waals surface area (Å²) in [7, 11) is -2.66. The number of amides is 1. The number of carbonyl (C=O) groups is 2. The van der Waals surface area contributed by atoms with Crippen molar-refractivity contribution >= 4 is 43.5 Å². The van der Waals surface area contributed by atoms with Gasteiger partial charge in [-0.15, -0.1) is 0 Å². The number of carbonyl (C=O) groups excluding carboxylic acids is 2. The van der Waals surface area contributed by atoms with Crippen molar-refractivity contribution in [2.45, 2.75) is 18.4 Å². The second-order valence-corrected chi connectivity index (χ2v) is 10.2. The standard InChI is InChI=1S/C24H23BrN2O5S/c1-17-3-5-18(6-4-17)15-27(33(30,31)22-13-9-20(25)10-14-22)16-23(28)26-21-11-7-19(8-12-21)24(29)32-2/h3-14H,15-16H2,1-2H3,(H,26,28). The van der Waals surface area contributed by atoms with Crippen LogP contribution in [0.2, 0.25) is 0 Å². The highest BCUT2D eigenvalue weighted by atomic mass is 79.9. The fourth-order valence-electron chi connectivity index (χ4n) is 3.05. The van der Waals surface area contributed by atoms with E-state index in [9.17, 15) is 18.0 Å². The molecule has 0 radical (unpaired) electrons. The van der Waals surface area contributed by atoms with Gasteiger partial charge in [-0.2, -0.15) is 4.31 Å². The van der Waals surface area contributed by atoms with Crippen LogP contribution in [0.3, 0.4) is 0 Å². The smallest absolute Gasteiger partial charge is 0.337 e. The maximum Gasteiger partial charge on any atom is 0.337 e. The number of hydrogen-bond acceptors (Lipinski definition) is 5. The van der Waals surface area contributed by atoms with Crippen molar-refractivity contribution < 1.29 is 22.7 Å². The minimum absolute atomic E-state index is 0.0351. The number of aryl methyl sites for hydroxylation is 1. The Morgan fingerprint density at radius 3 is 2.12 bits per heavy atom. The molecule has 0 aliphatic rings. The Morgan fingerprint density at radius 1 is 0.939 bits per heavy atom. The van der Waals surface area contributed by atoms with Gasteiger partial charge in [0.25, 0.3) is 0 Å². The largest absolute Gasteiger partial charge is 0.465 e. The molecule has 0 aliphatic carbocycles. The summed E-state index contributed by atoms with van der Waals surface area (Å²) in [5.74, 6) is -0.994. The lowest BCUT2D eigenvalue weighted by molar-refractivity contribution is -0.116. The number of nitrogens with one attached hydrogen (secondary N) is 1. The summed E-state index contributed by atoms with van der Waals surface area (Å²) in [4.78, 5) is 24.4. The molecule has 0 bridgehead atoms. The van der Waals surface area contributed by atoms with Crippen LogP contribution in [0.1, 0.15) is 21.5 Å². The molecule has 0 unspecified atom stereocenters. The van der Waals surface area contributed by atoms with E-state index in [2.05, 4.69) is 26.0 Å². The molecule has 172 valence electrons. The number of sulfonamides is 1. The number of anilines is 1. The maximum absolute atomic E-state index is 13.3. The SMILES string of the molecule is COC(=O)c1ccc(NC(=O)CN(Cc2ccc(C)cc2)S(=O)(=O)c2ccc(Br)cc2)cc1. The van der Waals surface area contributed by atoms with E-state index in [0.717, 1.165) is 19.9 Å². The molecule has 9 heteroatoms. The molecule has 3 aromatic carbocycles. The number of ether oxygens (including phenoxy) is 1. The molecule has 0 saturated carbocycles. The molecule has 33 heavy (non-hydrogen) atoms. The van der Waals surface area contributed by atoms with Crippen molar-refractivity contribution in [1.29, 1.82) is 0 Å². The highest BCUT2D eigenvalue weighted by molar-refractivity contribution is 9.10. The van der Waals surface area contributed by atoms with Gasteiger partial charge in [-0.25, -0.2) is 13.2 Å². The molecule has 0 aliphatic heterocycles. The average molecular weight is 531 g/mol. The van der Waals surface area contributed by atoms with Crippen molar-refractivity contribution in [3.8, 4) is 0 Å². The molecule has 0 fully saturated rings. The van der Waals surface area contributed by atoms with Crippen LogP contribution in [0, 0.1) is 6.92 Å². The second kappa shape index (κ2) is 10.7. The van der Waals surface area contributed by atoms with E-state index >= 15 is 0 Å². The zero-order valence-electron chi connectivity index (χ0n) is 18.1. The number of esters is 1. The van der Waals surface area contributed by atoms with Gasteiger partial charge in [0.2, 0.25) is 15.9 Å². The highest BCUT2D eigenvalue weighted by Gasteiger charge is 2.27. The number of hydrogen-bond donors (Lipinski definition) is 1. The van der Waals surface area contributed by atoms with Crippen LogP contribution < -0.4 is 5.32 Å². The van der Waals surface area contributed by atoms with E-state index in [0.29, 0.717) is 11.3 Å². The first-order valence-electron chi connectivity index (χ1n) is 9.98. The Balaban J connectivity index is 1.82. The van der Waals surface area contributed by atoms with Crippen molar-refractivity contribution in [1.82, 2.24) is 4.31 Å². The summed E-state index contributed by atoms with van der Waals surface area (Å²) in [6.07, 6.45) is 0. The van der Waals surface area contributed by atoms with Crippen molar-refractivity contribution in [3.63, 3.8) is 0 Å². The fourth-order valence-corrected chi connectivity index (χ4v) is 4.70. The van der Waals surface area contributed by atoms with E-state index in [1.54, 1.807) is 24.3 Å². The third-order valence-electron chi connectivity index (χ3n) is 4.84. The lowest BCUT2D eigenvalue weighted by Gasteiger charge is -2.22. The Hall–Kier alpha value is -3.01. The Morgan fingerprint density at radius 2 is 1.55 bits per heavy atom. The topological polar surface area (TPSA) is 92.8 Å². The first kappa shape index (κ1) is 24.6. The lowest BCUT2D eigenvalue weighted by atomic mass is 10.1. The zero-order valence-corrected chi connectivity index (χ0v) is 20.5. The van der Waals surface area contributed by atoms with Crippen molar-refractivity contribution in [2.75, 3.05) is 19.0 Å². The van der Waals surface area contributed by atoms with Gasteiger partial charge in [0.1, 0.15) is 0 Å². The summed E-state index contributed by atoms with van der Waals surface area (Å²) >= 11 is 3.30. The Kier molecular flexibility index (Phi) is 8.01. The molecule has 0 aromatic heterocycles. The van der Waals surface area contributed by atoms with Gasteiger partial charge in [0, 0.05) is 16.7 Å². The van der Waals surface area contributed by atoms with Crippen LogP contribution in [0.4, 0.5) is 5.69 Å². The van der Waals surface area contributed by atoms with Crippen LogP contribution in [-0.2, 0) is 26.1 Å². The Bertz CT molecular complexity index is 1230. The lowest BCUT2D eigenvalue weighted by Crippen LogP contribution is -2.37. The van der Waals surface area contributed by atoms with E-state index in [4.69, 9.17) is 0 Å². The summed E-state index contributed by atoms with van der Waals surface area (Å²) in [6.45, 7) is 1.59. The van der Waals surface area contributed by atoms with Crippen LogP contribution in [-0.4, -0.2) is 38.3 Å². The number of benzene rings is 3. The summed E-state index contributed by atoms with van der Waals surface area (Å²) < 4.78 is 33.2. The van der Waals surface area contributed by atoms with E-state index in [1.807, 2.05) is 31.2 Å². The summed E-state index contributed by atoms with van der Waals surface area (Å²) in [5.41, 5.74) is 2.59. The molecule has 3 aromatic rings. The van der Waals surface area contributed by atoms with Gasteiger partial charge in [0.15, 0.2) is 0 Å². The predicted octanol–water partition coefficient (Wildman–Crippen LogP) is 4.37. The zero-order chi connectivity index (χ0) is 24.0. The third-order valence-corrected chi connectivity index (χ3v) is 7.18. The molecule has 3 rings (SSSR count). The predicted molar refractivity (Wildman–Crippen MR) is 129 cm³/mol. The highest BCUT2D eigenvalue weighted by Crippen LogP contribution is 2.21. The molecular formula is C24H23BrN2O5S. The summed E-state index contributed by atoms with van der Waals surface area (Å²) in [6, 6.07) is 19.9. The van der Waals surface area contributed by atoms with E-state index in [-0.39, 0.29) is 18.0 Å². The normalized spacial score (nSPS) is 11.3. The summed E-state index contributed by atoms with van der Waals surface area (Å²) in [5, 5.41) is 2.68. The van der Waals surface area contributed by atoms with Crippen LogP contribution in [0.15, 0.2) is 82.2 Å². The van der Waals surface area contributed by atoms with Crippen molar-refractivity contribution in [2.24, 2.45) is 0 Å². The monoisotopic (exact) mass is 530 g/mol. The van der Waals surface area contributed by atoms with Gasteiger partial charge < -0.3 is 10.1 Å². The number of halogens is 1. The fraction of sp³-hybridized carbons (Fsp3) is 0.167. The molecular weight excluding hydrogens is 508 g/mol. The van der Waals surface area contributed by atoms with Crippen LogP contribution in [0.5, 0.6) is 0 Å². The first-order valence-corrected chi connectivity index (χ1v) is 12.2. The van der Waals surface area contributed by atoms with Crippen LogP contribution >= 0.6 is 15.9 Å². The minimum Gasteiger partial charge on any atom is -0.465 e. The van der Waals surface area contributed by atoms with Gasteiger partial charge >= 0.3 is 5.97 Å². The Labute approximate surface area is 201 Å². The molecule has 0 atom stereocenters. The van der Waals surface area contributed by atoms with Crippen LogP contribution in [0.25, 0.3) is 0 Å². The number of rotatable bonds is 8. The van der Waals surface area contributed by atoms with E-state index in [1.165, 1.54) is 31.4 Å². The van der Waals surface area contributed by atoms with E-state index < -0.39 is 21.9 Å². The molecule has 7 nitrogen and oxygen atoms in total. The molecule has 1 N–H and O–H groups in total. The number of methoxy groups -OCH3 is 1. The van der Waals surface area contributed by atoms with Gasteiger partial charge in [-0.3, -0.25) is 4.79 Å². The first-order chi connectivity index (χ1) is 15.7. The minimum atomic E-state index is -3.94. The van der Waals surface area contributed by atoms with Gasteiger partial charge in [-0.05, 0) is 61.0 Å². The van der Waals surface area contributed by atoms with Crippen molar-refractivity contribution in [3.05, 3.63) is 94.0 Å². The molecule has 0 saturated heterocycles. The molecule has 0 spiro atoms. The van der Waals surface area contributed by atoms with Gasteiger partial charge in [0.05, 0.1) is 24.1 Å².